The van der Waals surface area contributed by atoms with Gasteiger partial charge in [0.15, 0.2) is 16.6 Å². The molecule has 0 aliphatic heterocycles. The number of benzene rings is 1. The molecule has 0 aliphatic carbocycles. The quantitative estimate of drug-likeness (QED) is 0.508. The van der Waals surface area contributed by atoms with Gasteiger partial charge in [0.2, 0.25) is 0 Å². The summed E-state index contributed by atoms with van der Waals surface area (Å²) in [4.78, 5) is 15.1. The number of aromatic nitrogens is 1. The molecule has 0 saturated heterocycles. The molecule has 2 aromatic rings. The molecule has 5 nitrogen and oxygen atoms in total. The molecule has 1 heterocycles. The number of nitrogens with two attached hydrogens (primary N) is 1. The van der Waals surface area contributed by atoms with E-state index in [-0.39, 0.29) is 17.4 Å². The number of nitrogens with one attached hydrogen (secondary N) is 1. The molecule has 0 unspecified atom stereocenters. The van der Waals surface area contributed by atoms with Crippen LogP contribution in [0.2, 0.25) is 0 Å². The van der Waals surface area contributed by atoms with Crippen LogP contribution in [0.4, 0.5) is 8.78 Å². The Morgan fingerprint density at radius 1 is 1.47 bits per heavy atom. The fourth-order valence-corrected chi connectivity index (χ4v) is 1.98. The molecule has 1 aromatic heterocycles. The number of hydrazine groups is 1. The Morgan fingerprint density at radius 2 is 2.26 bits per heavy atom. The number of thiazole rings is 1. The molecule has 0 bridgehead atoms. The van der Waals surface area contributed by atoms with Crippen molar-refractivity contribution in [2.24, 2.45) is 5.84 Å². The van der Waals surface area contributed by atoms with Crippen LogP contribution in [0.25, 0.3) is 0 Å². The fourth-order valence-electron chi connectivity index (χ4n) is 1.28. The second-order valence-electron chi connectivity index (χ2n) is 3.48. The highest BCUT2D eigenvalue weighted by molar-refractivity contribution is 7.11. The third kappa shape index (κ3) is 3.24. The zero-order valence-electron chi connectivity index (χ0n) is 9.52. The van der Waals surface area contributed by atoms with Gasteiger partial charge in [0.25, 0.3) is 5.91 Å². The van der Waals surface area contributed by atoms with Crippen molar-refractivity contribution < 1.29 is 18.3 Å². The van der Waals surface area contributed by atoms with E-state index < -0.39 is 17.5 Å². The standard InChI is InChI=1S/C11H9F2N3O2S/c12-6-1-2-8(13)9(3-6)18-4-7-5-19-11(15-7)10(17)16-14/h1-3,5H,4,14H2,(H,16,17). The van der Waals surface area contributed by atoms with Crippen molar-refractivity contribution in [2.45, 2.75) is 6.61 Å². The van der Waals surface area contributed by atoms with Crippen LogP contribution in [0.15, 0.2) is 23.6 Å². The van der Waals surface area contributed by atoms with E-state index in [9.17, 15) is 13.6 Å². The average molecular weight is 285 g/mol. The lowest BCUT2D eigenvalue weighted by atomic mass is 10.3. The molecule has 8 heteroatoms. The number of nitrogen functional groups attached to an aromatic ring is 1. The topological polar surface area (TPSA) is 77.2 Å². The number of halogens is 2. The minimum atomic E-state index is -0.670. The molecule has 0 radical (unpaired) electrons. The van der Waals surface area contributed by atoms with Crippen LogP contribution in [0.5, 0.6) is 5.75 Å². The predicted octanol–water partition coefficient (Wildman–Crippen LogP) is 1.60. The Hall–Kier alpha value is -2.06. The van der Waals surface area contributed by atoms with Crippen molar-refractivity contribution in [2.75, 3.05) is 0 Å². The molecule has 100 valence electrons. The van der Waals surface area contributed by atoms with Gasteiger partial charge in [-0.3, -0.25) is 10.2 Å². The van der Waals surface area contributed by atoms with E-state index >= 15 is 0 Å². The first-order valence-electron chi connectivity index (χ1n) is 5.13. The number of nitrogens with zero attached hydrogens (tertiary/aromatic N) is 1. The molecule has 0 fully saturated rings. The van der Waals surface area contributed by atoms with E-state index in [2.05, 4.69) is 4.98 Å². The highest BCUT2D eigenvalue weighted by Crippen LogP contribution is 2.20. The van der Waals surface area contributed by atoms with Crippen LogP contribution < -0.4 is 16.0 Å². The maximum atomic E-state index is 13.3. The number of hydrogen-bond acceptors (Lipinski definition) is 5. The van der Waals surface area contributed by atoms with Gasteiger partial charge in [-0.2, -0.15) is 0 Å². The second-order valence-corrected chi connectivity index (χ2v) is 4.34. The third-order valence-corrected chi connectivity index (χ3v) is 3.04. The Bertz CT molecular complexity index is 603. The molecule has 0 spiro atoms. The van der Waals surface area contributed by atoms with E-state index in [0.29, 0.717) is 5.69 Å². The lowest BCUT2D eigenvalue weighted by Gasteiger charge is -2.05. The molecular weight excluding hydrogens is 276 g/mol. The first-order chi connectivity index (χ1) is 9.10. The maximum absolute atomic E-state index is 13.3. The van der Waals surface area contributed by atoms with Gasteiger partial charge < -0.3 is 4.74 Å². The summed E-state index contributed by atoms with van der Waals surface area (Å²) >= 11 is 1.07. The van der Waals surface area contributed by atoms with Gasteiger partial charge in [-0.05, 0) is 12.1 Å². The Kier molecular flexibility index (Phi) is 4.03. The molecule has 0 atom stereocenters. The van der Waals surface area contributed by atoms with Crippen LogP contribution in [-0.2, 0) is 6.61 Å². The minimum Gasteiger partial charge on any atom is -0.484 e. The van der Waals surface area contributed by atoms with Gasteiger partial charge in [-0.15, -0.1) is 11.3 Å². The van der Waals surface area contributed by atoms with Crippen LogP contribution in [0, 0.1) is 11.6 Å². The van der Waals surface area contributed by atoms with Crippen molar-refractivity contribution in [1.29, 1.82) is 0 Å². The van der Waals surface area contributed by atoms with Crippen molar-refractivity contribution >= 4 is 17.2 Å². The smallest absolute Gasteiger partial charge is 0.294 e. The lowest BCUT2D eigenvalue weighted by Crippen LogP contribution is -2.29. The molecule has 1 aromatic carbocycles. The molecule has 1 amide bonds. The Balaban J connectivity index is 2.04. The first-order valence-corrected chi connectivity index (χ1v) is 6.01. The molecule has 3 N–H and O–H groups in total. The summed E-state index contributed by atoms with van der Waals surface area (Å²) in [7, 11) is 0. The first kappa shape index (κ1) is 13.4. The normalized spacial score (nSPS) is 10.3. The summed E-state index contributed by atoms with van der Waals surface area (Å²) in [6.45, 7) is -0.0747. The summed E-state index contributed by atoms with van der Waals surface area (Å²) in [5.74, 6) is 2.96. The van der Waals surface area contributed by atoms with Crippen molar-refractivity contribution in [1.82, 2.24) is 10.4 Å². The number of rotatable bonds is 4. The third-order valence-electron chi connectivity index (χ3n) is 2.15. The highest BCUT2D eigenvalue weighted by Gasteiger charge is 2.11. The summed E-state index contributed by atoms with van der Waals surface area (Å²) in [6, 6.07) is 2.91. The molecule has 2 rings (SSSR count). The van der Waals surface area contributed by atoms with Crippen LogP contribution in [0.3, 0.4) is 0 Å². The monoisotopic (exact) mass is 285 g/mol. The lowest BCUT2D eigenvalue weighted by molar-refractivity contribution is 0.0953. The summed E-state index contributed by atoms with van der Waals surface area (Å²) < 4.78 is 31.3. The van der Waals surface area contributed by atoms with E-state index in [1.54, 1.807) is 5.38 Å². The van der Waals surface area contributed by atoms with E-state index in [0.717, 1.165) is 29.5 Å². The van der Waals surface area contributed by atoms with Gasteiger partial charge >= 0.3 is 0 Å². The van der Waals surface area contributed by atoms with Gasteiger partial charge in [0.1, 0.15) is 12.4 Å². The largest absolute Gasteiger partial charge is 0.484 e. The van der Waals surface area contributed by atoms with Crippen LogP contribution in [0.1, 0.15) is 15.5 Å². The van der Waals surface area contributed by atoms with E-state index in [1.165, 1.54) is 0 Å². The molecule has 0 aliphatic rings. The van der Waals surface area contributed by atoms with Crippen LogP contribution in [-0.4, -0.2) is 10.9 Å². The van der Waals surface area contributed by atoms with E-state index in [1.807, 2.05) is 5.43 Å². The van der Waals surface area contributed by atoms with Gasteiger partial charge in [-0.25, -0.2) is 19.6 Å². The Labute approximate surface area is 111 Å². The summed E-state index contributed by atoms with van der Waals surface area (Å²) in [6.07, 6.45) is 0. The highest BCUT2D eigenvalue weighted by atomic mass is 32.1. The average Bonchev–Trinajstić information content (AvgIpc) is 2.88. The Morgan fingerprint density at radius 3 is 3.00 bits per heavy atom. The molecular formula is C11H9F2N3O2S. The van der Waals surface area contributed by atoms with Gasteiger partial charge in [0.05, 0.1) is 5.69 Å². The SMILES string of the molecule is NNC(=O)c1nc(COc2cc(F)ccc2F)cs1. The number of carbonyl (C=O) groups is 1. The zero-order chi connectivity index (χ0) is 13.8. The molecule has 0 saturated carbocycles. The predicted molar refractivity (Wildman–Crippen MR) is 64.5 cm³/mol. The number of hydrogen-bond donors (Lipinski definition) is 2. The number of ether oxygens (including phenoxy) is 1. The van der Waals surface area contributed by atoms with Crippen molar-refractivity contribution in [3.05, 3.63) is 45.9 Å². The fraction of sp³-hybridized carbons (Fsp3) is 0.0909. The van der Waals surface area contributed by atoms with Crippen molar-refractivity contribution in [3.63, 3.8) is 0 Å². The van der Waals surface area contributed by atoms with Gasteiger partial charge in [0, 0.05) is 11.4 Å². The van der Waals surface area contributed by atoms with Gasteiger partial charge in [-0.1, -0.05) is 0 Å². The maximum Gasteiger partial charge on any atom is 0.294 e. The number of amides is 1. The second kappa shape index (κ2) is 5.72. The van der Waals surface area contributed by atoms with Crippen molar-refractivity contribution in [3.8, 4) is 5.75 Å². The zero-order valence-corrected chi connectivity index (χ0v) is 10.3. The number of carbonyl (C=O) groups excluding carboxylic acids is 1. The summed E-state index contributed by atoms with van der Waals surface area (Å²) in [5.41, 5.74) is 2.37. The molecule has 19 heavy (non-hydrogen) atoms. The summed E-state index contributed by atoms with van der Waals surface area (Å²) in [5, 5.41) is 1.74. The minimum absolute atomic E-state index is 0.0747. The van der Waals surface area contributed by atoms with E-state index in [4.69, 9.17) is 10.6 Å². The van der Waals surface area contributed by atoms with Crippen LogP contribution >= 0.6 is 11.3 Å².